The summed E-state index contributed by atoms with van der Waals surface area (Å²) in [6.45, 7) is 2.29. The highest BCUT2D eigenvalue weighted by atomic mass is 16.6. The third-order valence-electron chi connectivity index (χ3n) is 4.29. The van der Waals surface area contributed by atoms with Gasteiger partial charge in [-0.2, -0.15) is 0 Å². The molecule has 126 valence electrons. The first-order valence-electron chi connectivity index (χ1n) is 7.89. The Kier molecular flexibility index (Phi) is 4.78. The van der Waals surface area contributed by atoms with Gasteiger partial charge in [-0.25, -0.2) is 0 Å². The molecule has 0 aromatic heterocycles. The van der Waals surface area contributed by atoms with E-state index in [0.717, 1.165) is 36.2 Å². The number of nitro groups is 1. The number of β-amino-alcohol motifs (C(OH)–C–C–N with tert-alkyl or cyclic N) is 1. The van der Waals surface area contributed by atoms with E-state index in [4.69, 9.17) is 4.74 Å². The first-order chi connectivity index (χ1) is 11.6. The van der Waals surface area contributed by atoms with Crippen LogP contribution in [-0.4, -0.2) is 41.2 Å². The number of ether oxygens (including phenoxy) is 1. The van der Waals surface area contributed by atoms with Crippen molar-refractivity contribution < 1.29 is 14.8 Å². The van der Waals surface area contributed by atoms with Gasteiger partial charge in [0.05, 0.1) is 18.1 Å². The van der Waals surface area contributed by atoms with Crippen LogP contribution in [0.4, 0.5) is 5.69 Å². The van der Waals surface area contributed by atoms with E-state index in [-0.39, 0.29) is 11.8 Å². The van der Waals surface area contributed by atoms with Crippen molar-refractivity contribution in [2.24, 2.45) is 0 Å². The molecule has 0 aliphatic carbocycles. The van der Waals surface area contributed by atoms with Crippen LogP contribution < -0.4 is 4.74 Å². The summed E-state index contributed by atoms with van der Waals surface area (Å²) in [6, 6.07) is 12.4. The number of likely N-dealkylation sites (tertiary alicyclic amines) is 1. The zero-order valence-corrected chi connectivity index (χ0v) is 13.5. The van der Waals surface area contributed by atoms with E-state index in [1.165, 1.54) is 6.07 Å². The molecule has 1 N–H and O–H groups in total. The van der Waals surface area contributed by atoms with E-state index in [2.05, 4.69) is 4.90 Å². The Morgan fingerprint density at radius 1 is 1.33 bits per heavy atom. The largest absolute Gasteiger partial charge is 0.496 e. The minimum atomic E-state index is -0.397. The zero-order valence-electron chi connectivity index (χ0n) is 13.5. The van der Waals surface area contributed by atoms with Gasteiger partial charge in [-0.1, -0.05) is 18.2 Å². The highest BCUT2D eigenvalue weighted by Gasteiger charge is 2.20. The Morgan fingerprint density at radius 3 is 2.83 bits per heavy atom. The summed E-state index contributed by atoms with van der Waals surface area (Å²) in [6.07, 6.45) is 0.549. The van der Waals surface area contributed by atoms with Crippen molar-refractivity contribution in [3.63, 3.8) is 0 Å². The van der Waals surface area contributed by atoms with Gasteiger partial charge >= 0.3 is 0 Å². The maximum absolute atomic E-state index is 11.0. The summed E-state index contributed by atoms with van der Waals surface area (Å²) in [7, 11) is 1.59. The van der Waals surface area contributed by atoms with Crippen LogP contribution in [0.2, 0.25) is 0 Å². The Labute approximate surface area is 140 Å². The number of nitro benzene ring substituents is 1. The maximum Gasteiger partial charge on any atom is 0.270 e. The first-order valence-corrected chi connectivity index (χ1v) is 7.89. The molecule has 1 fully saturated rings. The van der Waals surface area contributed by atoms with E-state index < -0.39 is 4.92 Å². The summed E-state index contributed by atoms with van der Waals surface area (Å²) in [5.74, 6) is 0.681. The average Bonchev–Trinajstić information content (AvgIpc) is 2.99. The number of aliphatic hydroxyl groups is 1. The molecule has 1 heterocycles. The predicted octanol–water partition coefficient (Wildman–Crippen LogP) is 2.84. The van der Waals surface area contributed by atoms with Crippen molar-refractivity contribution in [3.05, 3.63) is 58.1 Å². The second-order valence-corrected chi connectivity index (χ2v) is 6.02. The third-order valence-corrected chi connectivity index (χ3v) is 4.29. The lowest BCUT2D eigenvalue weighted by atomic mass is 10.0. The molecule has 6 heteroatoms. The molecule has 1 atom stereocenters. The van der Waals surface area contributed by atoms with Crippen LogP contribution in [0.1, 0.15) is 12.0 Å². The van der Waals surface area contributed by atoms with Crippen molar-refractivity contribution in [1.82, 2.24) is 4.90 Å². The molecule has 24 heavy (non-hydrogen) atoms. The van der Waals surface area contributed by atoms with Crippen LogP contribution in [0.3, 0.4) is 0 Å². The Bertz CT molecular complexity index is 748. The topological polar surface area (TPSA) is 75.8 Å². The fraction of sp³-hybridized carbons (Fsp3) is 0.333. The number of hydrogen-bond donors (Lipinski definition) is 1. The number of aliphatic hydroxyl groups excluding tert-OH is 1. The number of benzene rings is 2. The molecule has 1 aliphatic heterocycles. The van der Waals surface area contributed by atoms with Gasteiger partial charge < -0.3 is 9.84 Å². The number of rotatable bonds is 5. The van der Waals surface area contributed by atoms with E-state index in [1.54, 1.807) is 19.2 Å². The molecule has 1 aliphatic rings. The lowest BCUT2D eigenvalue weighted by Gasteiger charge is -2.17. The predicted molar refractivity (Wildman–Crippen MR) is 91.0 cm³/mol. The molecule has 0 bridgehead atoms. The Hall–Kier alpha value is -2.44. The molecular formula is C18H20N2O4. The van der Waals surface area contributed by atoms with Crippen LogP contribution in [0.5, 0.6) is 5.75 Å². The van der Waals surface area contributed by atoms with Crippen molar-refractivity contribution in [1.29, 1.82) is 0 Å². The highest BCUT2D eigenvalue weighted by Crippen LogP contribution is 2.33. The summed E-state index contributed by atoms with van der Waals surface area (Å²) in [4.78, 5) is 12.8. The summed E-state index contributed by atoms with van der Waals surface area (Å²) in [5, 5.41) is 20.7. The number of non-ortho nitro benzene ring substituents is 1. The molecule has 0 saturated carbocycles. The minimum Gasteiger partial charge on any atom is -0.496 e. The number of nitrogens with zero attached hydrogens (tertiary/aromatic N) is 2. The number of methoxy groups -OCH3 is 1. The van der Waals surface area contributed by atoms with Gasteiger partial charge in [0.25, 0.3) is 5.69 Å². The van der Waals surface area contributed by atoms with Gasteiger partial charge in [-0.05, 0) is 29.7 Å². The lowest BCUT2D eigenvalue weighted by molar-refractivity contribution is -0.384. The molecule has 6 nitrogen and oxygen atoms in total. The van der Waals surface area contributed by atoms with E-state index in [0.29, 0.717) is 12.3 Å². The van der Waals surface area contributed by atoms with Crippen LogP contribution in [0.15, 0.2) is 42.5 Å². The van der Waals surface area contributed by atoms with Gasteiger partial charge in [0, 0.05) is 37.3 Å². The van der Waals surface area contributed by atoms with Crippen molar-refractivity contribution in [3.8, 4) is 16.9 Å². The van der Waals surface area contributed by atoms with Gasteiger partial charge in [0.2, 0.25) is 0 Å². The third kappa shape index (κ3) is 3.55. The van der Waals surface area contributed by atoms with Crippen LogP contribution in [0.25, 0.3) is 11.1 Å². The second-order valence-electron chi connectivity index (χ2n) is 6.02. The van der Waals surface area contributed by atoms with Crippen molar-refractivity contribution in [2.75, 3.05) is 20.2 Å². The van der Waals surface area contributed by atoms with Gasteiger partial charge in [0.1, 0.15) is 5.75 Å². The monoisotopic (exact) mass is 328 g/mol. The first kappa shape index (κ1) is 16.4. The van der Waals surface area contributed by atoms with Crippen molar-refractivity contribution >= 4 is 5.69 Å². The number of hydrogen-bond acceptors (Lipinski definition) is 5. The van der Waals surface area contributed by atoms with E-state index in [1.807, 2.05) is 24.3 Å². The summed E-state index contributed by atoms with van der Waals surface area (Å²) < 4.78 is 5.42. The Morgan fingerprint density at radius 2 is 2.17 bits per heavy atom. The fourth-order valence-electron chi connectivity index (χ4n) is 3.08. The molecule has 1 saturated heterocycles. The minimum absolute atomic E-state index is 0.0580. The molecular weight excluding hydrogens is 308 g/mol. The normalized spacial score (nSPS) is 17.8. The molecule has 3 rings (SSSR count). The fourth-order valence-corrected chi connectivity index (χ4v) is 3.08. The van der Waals surface area contributed by atoms with Crippen LogP contribution >= 0.6 is 0 Å². The highest BCUT2D eigenvalue weighted by molar-refractivity contribution is 5.73. The maximum atomic E-state index is 11.0. The molecule has 0 amide bonds. The van der Waals surface area contributed by atoms with Gasteiger partial charge in [-0.3, -0.25) is 15.0 Å². The van der Waals surface area contributed by atoms with E-state index in [9.17, 15) is 15.2 Å². The van der Waals surface area contributed by atoms with Gasteiger partial charge in [0.15, 0.2) is 0 Å². The summed E-state index contributed by atoms with van der Waals surface area (Å²) in [5.41, 5.74) is 2.73. The SMILES string of the molecule is COc1ccc(CN2CC[C@@H](O)C2)cc1-c1cccc([N+](=O)[O-])c1. The Balaban J connectivity index is 1.92. The smallest absolute Gasteiger partial charge is 0.270 e. The summed E-state index contributed by atoms with van der Waals surface area (Å²) >= 11 is 0. The average molecular weight is 328 g/mol. The zero-order chi connectivity index (χ0) is 17.1. The molecule has 2 aromatic rings. The van der Waals surface area contributed by atoms with E-state index >= 15 is 0 Å². The molecule has 2 aromatic carbocycles. The molecule has 0 spiro atoms. The van der Waals surface area contributed by atoms with Gasteiger partial charge in [-0.15, -0.1) is 0 Å². The van der Waals surface area contributed by atoms with Crippen LogP contribution in [0, 0.1) is 10.1 Å². The standard InChI is InChI=1S/C18H20N2O4/c1-24-18-6-5-13(11-19-8-7-16(21)12-19)9-17(18)14-3-2-4-15(10-14)20(22)23/h2-6,9-10,16,21H,7-8,11-12H2,1H3/t16-/m1/s1. The lowest BCUT2D eigenvalue weighted by Crippen LogP contribution is -2.21. The van der Waals surface area contributed by atoms with Crippen molar-refractivity contribution in [2.45, 2.75) is 19.1 Å². The van der Waals surface area contributed by atoms with Crippen LogP contribution in [-0.2, 0) is 6.54 Å². The quantitative estimate of drug-likeness (QED) is 0.675. The molecule has 0 unspecified atom stereocenters. The second kappa shape index (κ2) is 6.98. The molecule has 0 radical (unpaired) electrons.